The number of amides is 1. The van der Waals surface area contributed by atoms with Gasteiger partial charge >= 0.3 is 0 Å². The summed E-state index contributed by atoms with van der Waals surface area (Å²) in [5, 5.41) is 11.4. The molecule has 6 heteroatoms. The van der Waals surface area contributed by atoms with E-state index in [0.717, 1.165) is 27.8 Å². The Kier molecular flexibility index (Phi) is 4.05. The maximum absolute atomic E-state index is 13.2. The number of fused-ring (bicyclic) bond motifs is 2. The molecule has 2 N–H and O–H groups in total. The number of H-pyrrole nitrogens is 1. The van der Waals surface area contributed by atoms with E-state index in [1.807, 2.05) is 36.4 Å². The molecule has 0 bridgehead atoms. The molecule has 1 amide bonds. The molecule has 0 saturated carbocycles. The normalized spacial score (nSPS) is 13.3. The summed E-state index contributed by atoms with van der Waals surface area (Å²) in [5.74, 6) is 1.01. The average Bonchev–Trinajstić information content (AvgIpc) is 3.33. The molecule has 2 aromatic heterocycles. The molecule has 2 aromatic carbocycles. The van der Waals surface area contributed by atoms with E-state index in [4.69, 9.17) is 0 Å². The van der Waals surface area contributed by atoms with Gasteiger partial charge in [0.25, 0.3) is 5.91 Å². The molecular formula is C23H21N5O. The van der Waals surface area contributed by atoms with E-state index >= 15 is 0 Å². The molecule has 3 heterocycles. The van der Waals surface area contributed by atoms with Crippen molar-refractivity contribution in [2.24, 2.45) is 0 Å². The largest absolute Gasteiger partial charge is 0.339 e. The number of benzene rings is 2. The van der Waals surface area contributed by atoms with Crippen molar-refractivity contribution < 1.29 is 4.79 Å². The fourth-order valence-corrected chi connectivity index (χ4v) is 3.74. The molecule has 5 rings (SSSR count). The maximum Gasteiger partial charge on any atom is 0.262 e. The van der Waals surface area contributed by atoms with Gasteiger partial charge in [-0.2, -0.15) is 5.10 Å². The molecule has 29 heavy (non-hydrogen) atoms. The number of hydrogen-bond acceptors (Lipinski definition) is 4. The summed E-state index contributed by atoms with van der Waals surface area (Å²) >= 11 is 0. The molecule has 0 saturated heterocycles. The minimum atomic E-state index is -0.0319. The molecule has 0 radical (unpaired) electrons. The van der Waals surface area contributed by atoms with Crippen LogP contribution in [0.25, 0.3) is 10.9 Å². The molecule has 6 nitrogen and oxygen atoms in total. The van der Waals surface area contributed by atoms with E-state index in [1.165, 1.54) is 5.56 Å². The minimum absolute atomic E-state index is 0.0319. The van der Waals surface area contributed by atoms with Crippen molar-refractivity contribution in [1.82, 2.24) is 15.2 Å². The van der Waals surface area contributed by atoms with Crippen LogP contribution in [0.5, 0.6) is 0 Å². The van der Waals surface area contributed by atoms with E-state index in [9.17, 15) is 4.79 Å². The number of nitrogens with zero attached hydrogens (tertiary/aromatic N) is 3. The first-order valence-electron chi connectivity index (χ1n) is 9.70. The van der Waals surface area contributed by atoms with Crippen LogP contribution in [0.3, 0.4) is 0 Å². The van der Waals surface area contributed by atoms with E-state index < -0.39 is 0 Å². The van der Waals surface area contributed by atoms with Crippen LogP contribution in [0, 0.1) is 0 Å². The second-order valence-electron chi connectivity index (χ2n) is 7.63. The van der Waals surface area contributed by atoms with Gasteiger partial charge in [-0.05, 0) is 53.4 Å². The Labute approximate surface area is 168 Å². The lowest BCUT2D eigenvalue weighted by Crippen LogP contribution is -2.23. The summed E-state index contributed by atoms with van der Waals surface area (Å²) in [5.41, 5.74) is 5.56. The molecular weight excluding hydrogens is 362 g/mol. The van der Waals surface area contributed by atoms with Gasteiger partial charge in [-0.3, -0.25) is 9.89 Å². The number of carbonyl (C=O) groups is 1. The van der Waals surface area contributed by atoms with Crippen LogP contribution in [-0.4, -0.2) is 21.1 Å². The van der Waals surface area contributed by atoms with E-state index in [2.05, 4.69) is 46.5 Å². The molecule has 4 aromatic rings. The smallest absolute Gasteiger partial charge is 0.262 e. The predicted molar refractivity (Wildman–Crippen MR) is 115 cm³/mol. The highest BCUT2D eigenvalue weighted by atomic mass is 16.2. The summed E-state index contributed by atoms with van der Waals surface area (Å²) in [6.07, 6.45) is 3.53. The van der Waals surface area contributed by atoms with E-state index in [-0.39, 0.29) is 5.91 Å². The van der Waals surface area contributed by atoms with Crippen LogP contribution >= 0.6 is 0 Å². The lowest BCUT2D eigenvalue weighted by molar-refractivity contribution is 0.0997. The molecule has 144 valence electrons. The van der Waals surface area contributed by atoms with Crippen molar-refractivity contribution in [3.05, 3.63) is 77.6 Å². The van der Waals surface area contributed by atoms with Crippen molar-refractivity contribution in [1.29, 1.82) is 0 Å². The van der Waals surface area contributed by atoms with E-state index in [0.29, 0.717) is 23.8 Å². The van der Waals surface area contributed by atoms with Crippen LogP contribution in [0.1, 0.15) is 41.3 Å². The third kappa shape index (κ3) is 3.02. The quantitative estimate of drug-likeness (QED) is 0.521. The van der Waals surface area contributed by atoms with Crippen LogP contribution in [-0.2, 0) is 6.54 Å². The fraction of sp³-hybridized carbons (Fsp3) is 0.174. The first-order chi connectivity index (χ1) is 14.1. The highest BCUT2D eigenvalue weighted by Crippen LogP contribution is 2.33. The second kappa shape index (κ2) is 6.74. The highest BCUT2D eigenvalue weighted by Gasteiger charge is 2.31. The van der Waals surface area contributed by atoms with Crippen molar-refractivity contribution >= 4 is 34.0 Å². The average molecular weight is 383 g/mol. The summed E-state index contributed by atoms with van der Waals surface area (Å²) in [7, 11) is 0. The molecule has 0 fully saturated rings. The zero-order valence-electron chi connectivity index (χ0n) is 16.3. The SMILES string of the molecule is CC(C)c1ccc(N2Cc3ccnc(Nc4ccc5cn[nH]c5c4)c3C2=O)cc1. The van der Waals surface area contributed by atoms with Crippen LogP contribution in [0.2, 0.25) is 0 Å². The highest BCUT2D eigenvalue weighted by molar-refractivity contribution is 6.13. The topological polar surface area (TPSA) is 73.9 Å². The summed E-state index contributed by atoms with van der Waals surface area (Å²) in [6.45, 7) is 4.87. The number of rotatable bonds is 4. The molecule has 0 aliphatic carbocycles. The summed E-state index contributed by atoms with van der Waals surface area (Å²) in [6, 6.07) is 16.0. The van der Waals surface area contributed by atoms with Crippen molar-refractivity contribution in [3.63, 3.8) is 0 Å². The fourth-order valence-electron chi connectivity index (χ4n) is 3.74. The zero-order chi connectivity index (χ0) is 20.0. The number of hydrogen-bond donors (Lipinski definition) is 2. The summed E-state index contributed by atoms with van der Waals surface area (Å²) in [4.78, 5) is 19.5. The number of pyridine rings is 1. The molecule has 1 aliphatic heterocycles. The van der Waals surface area contributed by atoms with Crippen LogP contribution < -0.4 is 10.2 Å². The Bertz CT molecular complexity index is 1210. The molecule has 0 atom stereocenters. The molecule has 0 unspecified atom stereocenters. The second-order valence-corrected chi connectivity index (χ2v) is 7.63. The monoisotopic (exact) mass is 383 g/mol. The van der Waals surface area contributed by atoms with Gasteiger partial charge in [0, 0.05) is 23.0 Å². The number of carbonyl (C=O) groups excluding carboxylic acids is 1. The van der Waals surface area contributed by atoms with Gasteiger partial charge in [0.1, 0.15) is 5.82 Å². The van der Waals surface area contributed by atoms with E-state index in [1.54, 1.807) is 17.3 Å². The molecule has 1 aliphatic rings. The number of nitrogens with one attached hydrogen (secondary N) is 2. The Morgan fingerprint density at radius 1 is 1.10 bits per heavy atom. The van der Waals surface area contributed by atoms with Crippen LogP contribution in [0.15, 0.2) is 60.9 Å². The Morgan fingerprint density at radius 2 is 1.93 bits per heavy atom. The Balaban J connectivity index is 1.46. The Morgan fingerprint density at radius 3 is 2.72 bits per heavy atom. The first kappa shape index (κ1) is 17.4. The third-order valence-electron chi connectivity index (χ3n) is 5.40. The van der Waals surface area contributed by atoms with Crippen LogP contribution in [0.4, 0.5) is 17.2 Å². The van der Waals surface area contributed by atoms with Crippen molar-refractivity contribution in [3.8, 4) is 0 Å². The van der Waals surface area contributed by atoms with Gasteiger partial charge in [0.15, 0.2) is 0 Å². The predicted octanol–water partition coefficient (Wildman–Crippen LogP) is 4.99. The maximum atomic E-state index is 13.2. The zero-order valence-corrected chi connectivity index (χ0v) is 16.3. The minimum Gasteiger partial charge on any atom is -0.339 e. The Hall–Kier alpha value is -3.67. The molecule has 0 spiro atoms. The summed E-state index contributed by atoms with van der Waals surface area (Å²) < 4.78 is 0. The van der Waals surface area contributed by atoms with Crippen molar-refractivity contribution in [2.75, 3.05) is 10.2 Å². The number of aromatic nitrogens is 3. The van der Waals surface area contributed by atoms with Gasteiger partial charge in [-0.15, -0.1) is 0 Å². The lowest BCUT2D eigenvalue weighted by Gasteiger charge is -2.17. The first-order valence-corrected chi connectivity index (χ1v) is 9.70. The third-order valence-corrected chi connectivity index (χ3v) is 5.40. The van der Waals surface area contributed by atoms with Gasteiger partial charge in [-0.1, -0.05) is 26.0 Å². The number of aromatic amines is 1. The lowest BCUT2D eigenvalue weighted by atomic mass is 10.0. The standard InChI is InChI=1S/C23H21N5O/c1-14(2)15-4-7-19(8-5-15)28-13-17-9-10-24-22(21(17)23(28)29)26-18-6-3-16-12-25-27-20(16)11-18/h3-12,14H,13H2,1-2H3,(H,24,26)(H,25,27). The van der Waals surface area contributed by atoms with Crippen molar-refractivity contribution in [2.45, 2.75) is 26.3 Å². The van der Waals surface area contributed by atoms with Gasteiger partial charge < -0.3 is 10.2 Å². The van der Waals surface area contributed by atoms with Gasteiger partial charge in [0.05, 0.1) is 23.8 Å². The van der Waals surface area contributed by atoms with Gasteiger partial charge in [-0.25, -0.2) is 4.98 Å². The van der Waals surface area contributed by atoms with Gasteiger partial charge in [0.2, 0.25) is 0 Å². The number of anilines is 3.